The molecule has 134 valence electrons. The van der Waals surface area contributed by atoms with Crippen LogP contribution in [0.25, 0.3) is 0 Å². The third-order valence-corrected chi connectivity index (χ3v) is 4.10. The maximum atomic E-state index is 12.0. The number of nitrogens with one attached hydrogen (secondary N) is 1. The molecule has 1 atom stereocenters. The fourth-order valence-electron chi connectivity index (χ4n) is 2.71. The standard InChI is InChI=1S/C18H23N3O4/c1-13-11-18(20-25-13)24-12-17(22)19-14(2)15-3-5-16(6-4-15)21-7-9-23-10-8-21/h3-6,11,14H,7-10,12H2,1-2H3,(H,19,22). The van der Waals surface area contributed by atoms with Crippen molar-refractivity contribution in [2.24, 2.45) is 0 Å². The number of amides is 1. The van der Waals surface area contributed by atoms with E-state index in [1.807, 2.05) is 19.1 Å². The van der Waals surface area contributed by atoms with Crippen molar-refractivity contribution in [3.05, 3.63) is 41.7 Å². The monoisotopic (exact) mass is 345 g/mol. The third kappa shape index (κ3) is 4.73. The van der Waals surface area contributed by atoms with Gasteiger partial charge in [0, 0.05) is 24.8 Å². The largest absolute Gasteiger partial charge is 0.465 e. The van der Waals surface area contributed by atoms with Gasteiger partial charge in [-0.2, -0.15) is 0 Å². The summed E-state index contributed by atoms with van der Waals surface area (Å²) in [6.45, 7) is 6.96. The molecule has 1 aromatic heterocycles. The maximum absolute atomic E-state index is 12.0. The van der Waals surface area contributed by atoms with Gasteiger partial charge in [-0.15, -0.1) is 0 Å². The van der Waals surface area contributed by atoms with Crippen LogP contribution >= 0.6 is 0 Å². The number of anilines is 1. The zero-order chi connectivity index (χ0) is 17.6. The number of benzene rings is 1. The number of aromatic nitrogens is 1. The molecule has 3 rings (SSSR count). The Balaban J connectivity index is 1.50. The molecule has 2 aromatic rings. The Bertz CT molecular complexity index is 693. The van der Waals surface area contributed by atoms with Crippen LogP contribution in [-0.4, -0.2) is 44.0 Å². The van der Waals surface area contributed by atoms with Crippen LogP contribution in [0.4, 0.5) is 5.69 Å². The van der Waals surface area contributed by atoms with Gasteiger partial charge in [0.2, 0.25) is 0 Å². The van der Waals surface area contributed by atoms with Crippen molar-refractivity contribution in [1.82, 2.24) is 10.5 Å². The summed E-state index contributed by atoms with van der Waals surface area (Å²) in [5.74, 6) is 0.754. The first-order chi connectivity index (χ1) is 12.1. The van der Waals surface area contributed by atoms with Crippen molar-refractivity contribution in [3.63, 3.8) is 0 Å². The highest BCUT2D eigenvalue weighted by molar-refractivity contribution is 5.78. The van der Waals surface area contributed by atoms with Crippen LogP contribution in [0.2, 0.25) is 0 Å². The highest BCUT2D eigenvalue weighted by Gasteiger charge is 2.14. The van der Waals surface area contributed by atoms with E-state index in [4.69, 9.17) is 14.0 Å². The molecule has 0 spiro atoms. The van der Waals surface area contributed by atoms with Gasteiger partial charge >= 0.3 is 0 Å². The maximum Gasteiger partial charge on any atom is 0.258 e. The molecular formula is C18H23N3O4. The van der Waals surface area contributed by atoms with E-state index in [1.54, 1.807) is 13.0 Å². The van der Waals surface area contributed by atoms with E-state index in [-0.39, 0.29) is 18.6 Å². The summed E-state index contributed by atoms with van der Waals surface area (Å²) in [5, 5.41) is 6.60. The average Bonchev–Trinajstić information content (AvgIpc) is 3.06. The Labute approximate surface area is 146 Å². The predicted octanol–water partition coefficient (Wildman–Crippen LogP) is 2.08. The quantitative estimate of drug-likeness (QED) is 0.864. The van der Waals surface area contributed by atoms with Crippen molar-refractivity contribution in [2.45, 2.75) is 19.9 Å². The molecule has 0 aliphatic carbocycles. The lowest BCUT2D eigenvalue weighted by atomic mass is 10.1. The summed E-state index contributed by atoms with van der Waals surface area (Å²) in [7, 11) is 0. The number of carbonyl (C=O) groups excluding carboxylic acids is 1. The molecule has 7 heteroatoms. The third-order valence-electron chi connectivity index (χ3n) is 4.10. The summed E-state index contributed by atoms with van der Waals surface area (Å²) in [6.07, 6.45) is 0. The van der Waals surface area contributed by atoms with Gasteiger partial charge in [-0.05, 0) is 36.7 Å². The van der Waals surface area contributed by atoms with Gasteiger partial charge in [0.15, 0.2) is 6.61 Å². The van der Waals surface area contributed by atoms with Gasteiger partial charge in [-0.25, -0.2) is 0 Å². The van der Waals surface area contributed by atoms with Crippen molar-refractivity contribution >= 4 is 11.6 Å². The first kappa shape index (κ1) is 17.3. The molecule has 1 saturated heterocycles. The van der Waals surface area contributed by atoms with E-state index in [9.17, 15) is 4.79 Å². The van der Waals surface area contributed by atoms with Crippen LogP contribution < -0.4 is 15.0 Å². The van der Waals surface area contributed by atoms with Crippen LogP contribution in [0.3, 0.4) is 0 Å². The number of ether oxygens (including phenoxy) is 2. The first-order valence-corrected chi connectivity index (χ1v) is 8.40. The summed E-state index contributed by atoms with van der Waals surface area (Å²) < 4.78 is 15.6. The fourth-order valence-corrected chi connectivity index (χ4v) is 2.71. The molecule has 0 radical (unpaired) electrons. The summed E-state index contributed by atoms with van der Waals surface area (Å²) >= 11 is 0. The average molecular weight is 345 g/mol. The van der Waals surface area contributed by atoms with Crippen molar-refractivity contribution in [2.75, 3.05) is 37.8 Å². The molecule has 1 aromatic carbocycles. The molecule has 1 aliphatic rings. The molecule has 7 nitrogen and oxygen atoms in total. The Morgan fingerprint density at radius 2 is 2.04 bits per heavy atom. The Morgan fingerprint density at radius 1 is 1.32 bits per heavy atom. The molecule has 0 saturated carbocycles. The van der Waals surface area contributed by atoms with Crippen LogP contribution in [0.1, 0.15) is 24.3 Å². The molecule has 1 fully saturated rings. The van der Waals surface area contributed by atoms with E-state index < -0.39 is 0 Å². The highest BCUT2D eigenvalue weighted by atomic mass is 16.5. The molecular weight excluding hydrogens is 322 g/mol. The predicted molar refractivity (Wildman–Crippen MR) is 92.8 cm³/mol. The molecule has 1 unspecified atom stereocenters. The number of hydrogen-bond donors (Lipinski definition) is 1. The highest BCUT2D eigenvalue weighted by Crippen LogP contribution is 2.20. The second-order valence-corrected chi connectivity index (χ2v) is 6.04. The van der Waals surface area contributed by atoms with Crippen molar-refractivity contribution < 1.29 is 18.8 Å². The van der Waals surface area contributed by atoms with Crippen LogP contribution in [0.5, 0.6) is 5.88 Å². The molecule has 0 bridgehead atoms. The van der Waals surface area contributed by atoms with Crippen molar-refractivity contribution in [1.29, 1.82) is 0 Å². The molecule has 1 aliphatic heterocycles. The van der Waals surface area contributed by atoms with E-state index in [1.165, 1.54) is 5.69 Å². The number of nitrogens with zero attached hydrogens (tertiary/aromatic N) is 2. The van der Waals surface area contributed by atoms with Gasteiger partial charge in [-0.1, -0.05) is 12.1 Å². The summed E-state index contributed by atoms with van der Waals surface area (Å²) in [5.41, 5.74) is 2.22. The van der Waals surface area contributed by atoms with Gasteiger partial charge in [0.05, 0.1) is 19.3 Å². The zero-order valence-corrected chi connectivity index (χ0v) is 14.5. The van der Waals surface area contributed by atoms with Crippen LogP contribution in [0, 0.1) is 6.92 Å². The second kappa shape index (κ2) is 8.02. The second-order valence-electron chi connectivity index (χ2n) is 6.04. The lowest BCUT2D eigenvalue weighted by Gasteiger charge is -2.29. The Morgan fingerprint density at radius 3 is 2.68 bits per heavy atom. The molecule has 1 N–H and O–H groups in total. The van der Waals surface area contributed by atoms with E-state index in [0.717, 1.165) is 31.9 Å². The van der Waals surface area contributed by atoms with Crippen LogP contribution in [0.15, 0.2) is 34.9 Å². The van der Waals surface area contributed by atoms with E-state index in [0.29, 0.717) is 11.6 Å². The number of morpholine rings is 1. The zero-order valence-electron chi connectivity index (χ0n) is 14.5. The van der Waals surface area contributed by atoms with Gasteiger partial charge < -0.3 is 24.2 Å². The van der Waals surface area contributed by atoms with Crippen LogP contribution in [-0.2, 0) is 9.53 Å². The molecule has 25 heavy (non-hydrogen) atoms. The SMILES string of the molecule is Cc1cc(OCC(=O)NC(C)c2ccc(N3CCOCC3)cc2)no1. The fraction of sp³-hybridized carbons (Fsp3) is 0.444. The molecule has 1 amide bonds. The topological polar surface area (TPSA) is 76.8 Å². The summed E-state index contributed by atoms with van der Waals surface area (Å²) in [6, 6.07) is 9.78. The lowest BCUT2D eigenvalue weighted by molar-refractivity contribution is -0.123. The Kier molecular flexibility index (Phi) is 5.55. The molecule has 2 heterocycles. The minimum absolute atomic E-state index is 0.0951. The number of rotatable bonds is 6. The van der Waals surface area contributed by atoms with Gasteiger partial charge in [0.1, 0.15) is 5.76 Å². The minimum atomic E-state index is -0.203. The Hall–Kier alpha value is -2.54. The van der Waals surface area contributed by atoms with Gasteiger partial charge in [0.25, 0.3) is 11.8 Å². The summed E-state index contributed by atoms with van der Waals surface area (Å²) in [4.78, 5) is 14.3. The number of hydrogen-bond acceptors (Lipinski definition) is 6. The number of carbonyl (C=O) groups is 1. The van der Waals surface area contributed by atoms with Crippen molar-refractivity contribution in [3.8, 4) is 5.88 Å². The smallest absolute Gasteiger partial charge is 0.258 e. The minimum Gasteiger partial charge on any atom is -0.465 e. The van der Waals surface area contributed by atoms with E-state index >= 15 is 0 Å². The number of aryl methyl sites for hydroxylation is 1. The first-order valence-electron chi connectivity index (χ1n) is 8.40. The normalized spacial score (nSPS) is 15.7. The van der Waals surface area contributed by atoms with Gasteiger partial charge in [-0.3, -0.25) is 4.79 Å². The lowest BCUT2D eigenvalue weighted by Crippen LogP contribution is -2.36. The van der Waals surface area contributed by atoms with E-state index in [2.05, 4.69) is 27.5 Å².